The zero-order valence-corrected chi connectivity index (χ0v) is 15.6. The lowest BCUT2D eigenvalue weighted by atomic mass is 10.2. The van der Waals surface area contributed by atoms with E-state index in [-0.39, 0.29) is 5.43 Å². The Hall–Kier alpha value is -4.13. The lowest BCUT2D eigenvalue weighted by Crippen LogP contribution is -2.15. The molecule has 4 aromatic heterocycles. The molecule has 0 radical (unpaired) electrons. The van der Waals surface area contributed by atoms with E-state index in [0.29, 0.717) is 11.4 Å². The first kappa shape index (κ1) is 17.0. The molecule has 4 heterocycles. The second-order valence-corrected chi connectivity index (χ2v) is 6.60. The molecule has 0 amide bonds. The van der Waals surface area contributed by atoms with Gasteiger partial charge in [0.15, 0.2) is 5.69 Å². The topological polar surface area (TPSA) is 78.5 Å². The third-order valence-electron chi connectivity index (χ3n) is 4.69. The first-order valence-electron chi connectivity index (χ1n) is 9.12. The SMILES string of the molecule is Cc1cc(-n2ccc(=O)c(-c3ccnn3-c3ccnc4ccccc34)n2)ccn1. The number of hydrogen-bond acceptors (Lipinski definition) is 5. The number of fused-ring (bicyclic) bond motifs is 1. The molecule has 7 nitrogen and oxygen atoms in total. The second-order valence-electron chi connectivity index (χ2n) is 6.60. The van der Waals surface area contributed by atoms with E-state index < -0.39 is 0 Å². The highest BCUT2D eigenvalue weighted by molar-refractivity contribution is 5.87. The normalized spacial score (nSPS) is 11.1. The molecule has 5 aromatic rings. The van der Waals surface area contributed by atoms with Crippen LogP contribution in [0.25, 0.3) is 33.7 Å². The molecular formula is C22H16N6O. The Morgan fingerprint density at radius 3 is 2.66 bits per heavy atom. The van der Waals surface area contributed by atoms with Crippen LogP contribution in [0.1, 0.15) is 5.69 Å². The fourth-order valence-electron chi connectivity index (χ4n) is 3.34. The van der Waals surface area contributed by atoms with E-state index in [1.807, 2.05) is 49.4 Å². The smallest absolute Gasteiger partial charge is 0.209 e. The lowest BCUT2D eigenvalue weighted by Gasteiger charge is -2.11. The zero-order chi connectivity index (χ0) is 19.8. The summed E-state index contributed by atoms with van der Waals surface area (Å²) in [5.41, 5.74) is 4.17. The van der Waals surface area contributed by atoms with E-state index in [1.54, 1.807) is 40.2 Å². The minimum absolute atomic E-state index is 0.174. The Morgan fingerprint density at radius 2 is 1.76 bits per heavy atom. The monoisotopic (exact) mass is 380 g/mol. The van der Waals surface area contributed by atoms with Crippen LogP contribution in [0.5, 0.6) is 0 Å². The van der Waals surface area contributed by atoms with Crippen molar-refractivity contribution in [2.45, 2.75) is 6.92 Å². The molecule has 0 unspecified atom stereocenters. The average Bonchev–Trinajstić information content (AvgIpc) is 3.23. The van der Waals surface area contributed by atoms with Gasteiger partial charge in [-0.15, -0.1) is 0 Å². The van der Waals surface area contributed by atoms with Gasteiger partial charge in [-0.1, -0.05) is 18.2 Å². The van der Waals surface area contributed by atoms with Crippen LogP contribution in [-0.2, 0) is 0 Å². The third kappa shape index (κ3) is 2.98. The minimum atomic E-state index is -0.174. The molecule has 0 atom stereocenters. The largest absolute Gasteiger partial charge is 0.287 e. The number of rotatable bonds is 3. The number of nitrogens with zero attached hydrogens (tertiary/aromatic N) is 6. The molecule has 0 bridgehead atoms. The van der Waals surface area contributed by atoms with Crippen LogP contribution in [-0.4, -0.2) is 29.5 Å². The Morgan fingerprint density at radius 1 is 0.897 bits per heavy atom. The maximum atomic E-state index is 12.7. The summed E-state index contributed by atoms with van der Waals surface area (Å²) in [6, 6.07) is 16.8. The Bertz CT molecular complexity index is 1400. The van der Waals surface area contributed by atoms with Crippen LogP contribution in [0, 0.1) is 6.92 Å². The molecule has 5 rings (SSSR count). The van der Waals surface area contributed by atoms with Crippen molar-refractivity contribution in [2.24, 2.45) is 0 Å². The summed E-state index contributed by atoms with van der Waals surface area (Å²) >= 11 is 0. The van der Waals surface area contributed by atoms with Gasteiger partial charge in [0.05, 0.1) is 28.8 Å². The van der Waals surface area contributed by atoms with Gasteiger partial charge >= 0.3 is 0 Å². The number of aromatic nitrogens is 6. The maximum absolute atomic E-state index is 12.7. The Kier molecular flexibility index (Phi) is 3.98. The molecule has 0 fully saturated rings. The molecule has 0 saturated heterocycles. The van der Waals surface area contributed by atoms with Crippen LogP contribution in [0.3, 0.4) is 0 Å². The van der Waals surface area contributed by atoms with Crippen molar-refractivity contribution in [3.05, 3.63) is 95.3 Å². The summed E-state index contributed by atoms with van der Waals surface area (Å²) in [5.74, 6) is 0. The van der Waals surface area contributed by atoms with Crippen molar-refractivity contribution < 1.29 is 0 Å². The van der Waals surface area contributed by atoms with Gasteiger partial charge in [-0.05, 0) is 37.3 Å². The molecule has 0 aliphatic rings. The minimum Gasteiger partial charge on any atom is -0.287 e. The van der Waals surface area contributed by atoms with Crippen LogP contribution in [0.2, 0.25) is 0 Å². The van der Waals surface area contributed by atoms with E-state index in [0.717, 1.165) is 28.0 Å². The number of pyridine rings is 2. The molecule has 29 heavy (non-hydrogen) atoms. The Labute approximate surface area is 165 Å². The molecule has 1 aromatic carbocycles. The molecular weight excluding hydrogens is 364 g/mol. The van der Waals surface area contributed by atoms with Crippen LogP contribution < -0.4 is 5.43 Å². The van der Waals surface area contributed by atoms with Crippen molar-refractivity contribution in [3.63, 3.8) is 0 Å². The van der Waals surface area contributed by atoms with Crippen molar-refractivity contribution in [1.29, 1.82) is 0 Å². The first-order valence-corrected chi connectivity index (χ1v) is 9.12. The van der Waals surface area contributed by atoms with E-state index >= 15 is 0 Å². The van der Waals surface area contributed by atoms with Gasteiger partial charge in [-0.2, -0.15) is 10.2 Å². The van der Waals surface area contributed by atoms with E-state index in [1.165, 1.54) is 6.07 Å². The number of benzene rings is 1. The van der Waals surface area contributed by atoms with Crippen LogP contribution in [0.4, 0.5) is 0 Å². The predicted molar refractivity (Wildman–Crippen MR) is 110 cm³/mol. The maximum Gasteiger partial charge on any atom is 0.209 e. The summed E-state index contributed by atoms with van der Waals surface area (Å²) in [7, 11) is 0. The summed E-state index contributed by atoms with van der Waals surface area (Å²) < 4.78 is 3.41. The predicted octanol–water partition coefficient (Wildman–Crippen LogP) is 3.34. The lowest BCUT2D eigenvalue weighted by molar-refractivity contribution is 0.821. The fraction of sp³-hybridized carbons (Fsp3) is 0.0455. The van der Waals surface area contributed by atoms with E-state index in [9.17, 15) is 4.79 Å². The molecule has 0 saturated carbocycles. The molecule has 0 aliphatic carbocycles. The zero-order valence-electron chi connectivity index (χ0n) is 15.6. The van der Waals surface area contributed by atoms with Crippen LogP contribution in [0.15, 0.2) is 84.2 Å². The van der Waals surface area contributed by atoms with Crippen molar-refractivity contribution >= 4 is 10.9 Å². The molecule has 7 heteroatoms. The van der Waals surface area contributed by atoms with Gasteiger partial charge in [-0.3, -0.25) is 14.8 Å². The van der Waals surface area contributed by atoms with Gasteiger partial charge in [0.25, 0.3) is 0 Å². The summed E-state index contributed by atoms with van der Waals surface area (Å²) in [6.07, 6.45) is 6.78. The summed E-state index contributed by atoms with van der Waals surface area (Å²) in [6.45, 7) is 1.91. The van der Waals surface area contributed by atoms with Crippen LogP contribution >= 0.6 is 0 Å². The number of hydrogen-bond donors (Lipinski definition) is 0. The van der Waals surface area contributed by atoms with E-state index in [4.69, 9.17) is 0 Å². The molecule has 140 valence electrons. The summed E-state index contributed by atoms with van der Waals surface area (Å²) in [4.78, 5) is 21.3. The summed E-state index contributed by atoms with van der Waals surface area (Å²) in [5, 5.41) is 10.00. The number of aryl methyl sites for hydroxylation is 1. The van der Waals surface area contributed by atoms with Crippen molar-refractivity contribution in [3.8, 4) is 22.8 Å². The first-order chi connectivity index (χ1) is 14.2. The standard InChI is InChI=1S/C22H16N6O/c1-15-14-16(6-10-23-15)27-13-9-21(29)22(26-27)20-8-12-25-28(20)19-7-11-24-18-5-3-2-4-17(18)19/h2-14H,1H3. The van der Waals surface area contributed by atoms with Gasteiger partial charge in [0, 0.05) is 35.7 Å². The highest BCUT2D eigenvalue weighted by Crippen LogP contribution is 2.24. The van der Waals surface area contributed by atoms with Crippen molar-refractivity contribution in [1.82, 2.24) is 29.5 Å². The van der Waals surface area contributed by atoms with Gasteiger partial charge < -0.3 is 0 Å². The van der Waals surface area contributed by atoms with Crippen molar-refractivity contribution in [2.75, 3.05) is 0 Å². The van der Waals surface area contributed by atoms with Gasteiger partial charge in [0.1, 0.15) is 0 Å². The van der Waals surface area contributed by atoms with Gasteiger partial charge in [-0.25, -0.2) is 9.36 Å². The number of para-hydroxylation sites is 1. The average molecular weight is 380 g/mol. The van der Waals surface area contributed by atoms with Gasteiger partial charge in [0.2, 0.25) is 5.43 Å². The second kappa shape index (κ2) is 6.79. The highest BCUT2D eigenvalue weighted by Gasteiger charge is 2.15. The molecule has 0 spiro atoms. The fourth-order valence-corrected chi connectivity index (χ4v) is 3.34. The third-order valence-corrected chi connectivity index (χ3v) is 4.69. The quantitative estimate of drug-likeness (QED) is 0.480. The molecule has 0 aliphatic heterocycles. The molecule has 0 N–H and O–H groups in total. The highest BCUT2D eigenvalue weighted by atomic mass is 16.1. The Balaban J connectivity index is 1.70. The van der Waals surface area contributed by atoms with E-state index in [2.05, 4.69) is 20.2 Å².